The summed E-state index contributed by atoms with van der Waals surface area (Å²) >= 11 is 1.53. The summed E-state index contributed by atoms with van der Waals surface area (Å²) in [7, 11) is -3.79. The number of nitrogens with zero attached hydrogens (tertiary/aromatic N) is 1. The number of nitro groups is 1. The molecule has 0 amide bonds. The monoisotopic (exact) mass is 319 g/mol. The van der Waals surface area contributed by atoms with E-state index in [0.29, 0.717) is 0 Å². The standard InChI is InChI=1S/C11H17N3O4S2/c1-11(2,19-3)7-13-20(17,18)10-5-4-8(14(15)16)6-9(10)12/h4-6,13H,7,12H2,1-3H3. The van der Waals surface area contributed by atoms with E-state index in [-0.39, 0.29) is 27.6 Å². The lowest BCUT2D eigenvalue weighted by Crippen LogP contribution is -2.36. The minimum Gasteiger partial charge on any atom is -0.397 e. The third kappa shape index (κ3) is 4.09. The summed E-state index contributed by atoms with van der Waals surface area (Å²) in [6.07, 6.45) is 1.88. The van der Waals surface area contributed by atoms with Crippen LogP contribution in [0.5, 0.6) is 0 Å². The molecule has 0 saturated heterocycles. The maximum absolute atomic E-state index is 12.1. The second-order valence-corrected chi connectivity index (χ2v) is 8.02. The molecule has 1 aromatic rings. The molecular formula is C11H17N3O4S2. The number of nitrogens with two attached hydrogens (primary N) is 1. The first-order chi connectivity index (χ1) is 9.09. The maximum Gasteiger partial charge on any atom is 0.271 e. The summed E-state index contributed by atoms with van der Waals surface area (Å²) in [5, 5.41) is 10.6. The second-order valence-electron chi connectivity index (χ2n) is 4.77. The van der Waals surface area contributed by atoms with Gasteiger partial charge in [0.1, 0.15) is 4.90 Å². The summed E-state index contributed by atoms with van der Waals surface area (Å²) in [4.78, 5) is 9.81. The maximum atomic E-state index is 12.1. The molecule has 0 aliphatic carbocycles. The van der Waals surface area contributed by atoms with Crippen molar-refractivity contribution in [2.45, 2.75) is 23.5 Å². The number of thioether (sulfide) groups is 1. The first-order valence-electron chi connectivity index (χ1n) is 5.68. The van der Waals surface area contributed by atoms with Crippen molar-refractivity contribution in [1.82, 2.24) is 4.72 Å². The van der Waals surface area contributed by atoms with E-state index in [1.807, 2.05) is 20.1 Å². The van der Waals surface area contributed by atoms with Gasteiger partial charge in [0.2, 0.25) is 10.0 Å². The van der Waals surface area contributed by atoms with Crippen molar-refractivity contribution < 1.29 is 13.3 Å². The van der Waals surface area contributed by atoms with E-state index in [4.69, 9.17) is 5.73 Å². The zero-order valence-electron chi connectivity index (χ0n) is 11.4. The van der Waals surface area contributed by atoms with Crippen molar-refractivity contribution in [3.63, 3.8) is 0 Å². The van der Waals surface area contributed by atoms with Crippen LogP contribution in [0.15, 0.2) is 23.1 Å². The Labute approximate surface area is 122 Å². The average molecular weight is 319 g/mol. The molecule has 0 saturated carbocycles. The van der Waals surface area contributed by atoms with Gasteiger partial charge in [-0.3, -0.25) is 10.1 Å². The minimum atomic E-state index is -3.79. The second kappa shape index (κ2) is 5.98. The Morgan fingerprint density at radius 3 is 2.50 bits per heavy atom. The Balaban J connectivity index is 3.02. The summed E-state index contributed by atoms with van der Waals surface area (Å²) in [5.41, 5.74) is 5.20. The van der Waals surface area contributed by atoms with Gasteiger partial charge in [-0.15, -0.1) is 0 Å². The van der Waals surface area contributed by atoms with Crippen LogP contribution in [0.4, 0.5) is 11.4 Å². The normalized spacial score (nSPS) is 12.3. The van der Waals surface area contributed by atoms with Crippen molar-refractivity contribution in [1.29, 1.82) is 0 Å². The molecular weight excluding hydrogens is 302 g/mol. The van der Waals surface area contributed by atoms with E-state index in [1.54, 1.807) is 0 Å². The fourth-order valence-electron chi connectivity index (χ4n) is 1.31. The summed E-state index contributed by atoms with van der Waals surface area (Å²) < 4.78 is 26.4. The van der Waals surface area contributed by atoms with Gasteiger partial charge in [0.15, 0.2) is 0 Å². The lowest BCUT2D eigenvalue weighted by Gasteiger charge is -2.22. The number of nitrogen functional groups attached to an aromatic ring is 1. The van der Waals surface area contributed by atoms with Crippen LogP contribution in [0.2, 0.25) is 0 Å². The van der Waals surface area contributed by atoms with Crippen LogP contribution in [0.25, 0.3) is 0 Å². The first kappa shape index (κ1) is 16.7. The van der Waals surface area contributed by atoms with E-state index < -0.39 is 14.9 Å². The van der Waals surface area contributed by atoms with Crippen molar-refractivity contribution >= 4 is 33.2 Å². The zero-order valence-corrected chi connectivity index (χ0v) is 13.0. The Morgan fingerprint density at radius 1 is 1.45 bits per heavy atom. The highest BCUT2D eigenvalue weighted by Gasteiger charge is 2.24. The highest BCUT2D eigenvalue weighted by atomic mass is 32.2. The van der Waals surface area contributed by atoms with E-state index in [2.05, 4.69) is 4.72 Å². The SMILES string of the molecule is CSC(C)(C)CNS(=O)(=O)c1ccc([N+](=O)[O-])cc1N. The van der Waals surface area contributed by atoms with Gasteiger partial charge >= 0.3 is 0 Å². The van der Waals surface area contributed by atoms with Gasteiger partial charge in [-0.2, -0.15) is 11.8 Å². The van der Waals surface area contributed by atoms with Crippen molar-refractivity contribution in [3.8, 4) is 0 Å². The van der Waals surface area contributed by atoms with Crippen LogP contribution < -0.4 is 10.5 Å². The number of benzene rings is 1. The fourth-order valence-corrected chi connectivity index (χ4v) is 2.94. The number of hydrogen-bond acceptors (Lipinski definition) is 6. The summed E-state index contributed by atoms with van der Waals surface area (Å²) in [6.45, 7) is 4.03. The minimum absolute atomic E-state index is 0.145. The van der Waals surface area contributed by atoms with Gasteiger partial charge in [-0.05, 0) is 26.2 Å². The third-order valence-corrected chi connectivity index (χ3v) is 5.46. The first-order valence-corrected chi connectivity index (χ1v) is 8.38. The van der Waals surface area contributed by atoms with Crippen molar-refractivity contribution in [2.75, 3.05) is 18.5 Å². The van der Waals surface area contributed by atoms with E-state index in [9.17, 15) is 18.5 Å². The number of nitro benzene ring substituents is 1. The Bertz CT molecular complexity index is 614. The Morgan fingerprint density at radius 2 is 2.05 bits per heavy atom. The molecule has 0 bridgehead atoms. The molecule has 0 aliphatic heterocycles. The van der Waals surface area contributed by atoms with Gasteiger partial charge in [0.25, 0.3) is 5.69 Å². The predicted molar refractivity (Wildman–Crippen MR) is 80.3 cm³/mol. The summed E-state index contributed by atoms with van der Waals surface area (Å²) in [5.74, 6) is 0. The number of anilines is 1. The molecule has 7 nitrogen and oxygen atoms in total. The van der Waals surface area contributed by atoms with Gasteiger partial charge < -0.3 is 5.73 Å². The van der Waals surface area contributed by atoms with Gasteiger partial charge in [0.05, 0.1) is 10.6 Å². The molecule has 0 atom stereocenters. The van der Waals surface area contributed by atoms with E-state index >= 15 is 0 Å². The molecule has 0 unspecified atom stereocenters. The molecule has 0 fully saturated rings. The predicted octanol–water partition coefficient (Wildman–Crippen LogP) is 1.60. The molecule has 1 aromatic carbocycles. The molecule has 3 N–H and O–H groups in total. The zero-order chi connectivity index (χ0) is 15.6. The molecule has 1 rings (SSSR count). The van der Waals surface area contributed by atoms with Gasteiger partial charge in [-0.1, -0.05) is 0 Å². The number of hydrogen-bond donors (Lipinski definition) is 2. The Hall–Kier alpha value is -1.32. The lowest BCUT2D eigenvalue weighted by atomic mass is 10.2. The van der Waals surface area contributed by atoms with Crippen LogP contribution in [0.1, 0.15) is 13.8 Å². The number of non-ortho nitro benzene ring substituents is 1. The van der Waals surface area contributed by atoms with Gasteiger partial charge in [0, 0.05) is 23.4 Å². The lowest BCUT2D eigenvalue weighted by molar-refractivity contribution is -0.384. The molecule has 0 aliphatic rings. The largest absolute Gasteiger partial charge is 0.397 e. The highest BCUT2D eigenvalue weighted by molar-refractivity contribution is 8.00. The van der Waals surface area contributed by atoms with Crippen LogP contribution in [-0.4, -0.2) is 30.9 Å². The molecule has 0 radical (unpaired) electrons. The van der Waals surface area contributed by atoms with Gasteiger partial charge in [-0.25, -0.2) is 13.1 Å². The number of nitrogens with one attached hydrogen (secondary N) is 1. The highest BCUT2D eigenvalue weighted by Crippen LogP contribution is 2.25. The fraction of sp³-hybridized carbons (Fsp3) is 0.455. The quantitative estimate of drug-likeness (QED) is 0.467. The smallest absolute Gasteiger partial charge is 0.271 e. The molecule has 20 heavy (non-hydrogen) atoms. The topological polar surface area (TPSA) is 115 Å². The molecule has 9 heteroatoms. The number of sulfonamides is 1. The van der Waals surface area contributed by atoms with Crippen LogP contribution in [0.3, 0.4) is 0 Å². The summed E-state index contributed by atoms with van der Waals surface area (Å²) in [6, 6.07) is 3.29. The average Bonchev–Trinajstić information content (AvgIpc) is 2.36. The Kier molecular flexibility index (Phi) is 5.00. The van der Waals surface area contributed by atoms with Crippen LogP contribution in [-0.2, 0) is 10.0 Å². The molecule has 112 valence electrons. The van der Waals surface area contributed by atoms with E-state index in [1.165, 1.54) is 11.8 Å². The molecule has 0 spiro atoms. The van der Waals surface area contributed by atoms with E-state index in [0.717, 1.165) is 18.2 Å². The van der Waals surface area contributed by atoms with Crippen LogP contribution in [0, 0.1) is 10.1 Å². The van der Waals surface area contributed by atoms with Crippen molar-refractivity contribution in [3.05, 3.63) is 28.3 Å². The molecule has 0 heterocycles. The third-order valence-electron chi connectivity index (χ3n) is 2.73. The van der Waals surface area contributed by atoms with Crippen LogP contribution >= 0.6 is 11.8 Å². The van der Waals surface area contributed by atoms with Crippen molar-refractivity contribution in [2.24, 2.45) is 0 Å². The number of rotatable bonds is 6. The molecule has 0 aromatic heterocycles.